The van der Waals surface area contributed by atoms with E-state index in [1.54, 1.807) is 0 Å². The van der Waals surface area contributed by atoms with E-state index in [1.807, 2.05) is 6.08 Å². The second-order valence-corrected chi connectivity index (χ2v) is 3.62. The van der Waals surface area contributed by atoms with E-state index in [4.69, 9.17) is 5.26 Å². The molecular formula is C11H18N2. The lowest BCUT2D eigenvalue weighted by molar-refractivity contribution is 0.240. The van der Waals surface area contributed by atoms with Crippen molar-refractivity contribution >= 4 is 0 Å². The van der Waals surface area contributed by atoms with Crippen molar-refractivity contribution in [3.63, 3.8) is 0 Å². The predicted molar refractivity (Wildman–Crippen MR) is 54.3 cm³/mol. The monoisotopic (exact) mass is 178 g/mol. The lowest BCUT2D eigenvalue weighted by atomic mass is 10.2. The average Bonchev–Trinajstić information content (AvgIpc) is 2.42. The molecule has 1 saturated heterocycles. The van der Waals surface area contributed by atoms with Crippen LogP contribution in [0.4, 0.5) is 0 Å². The van der Waals surface area contributed by atoms with E-state index in [0.29, 0.717) is 6.42 Å². The number of nitrogens with zero attached hydrogens (tertiary/aromatic N) is 2. The number of likely N-dealkylation sites (tertiary alicyclic amines) is 1. The van der Waals surface area contributed by atoms with Crippen LogP contribution in [-0.4, -0.2) is 24.0 Å². The zero-order chi connectivity index (χ0) is 9.52. The van der Waals surface area contributed by atoms with Crippen LogP contribution in [0.2, 0.25) is 0 Å². The molecule has 13 heavy (non-hydrogen) atoms. The van der Waals surface area contributed by atoms with Gasteiger partial charge in [-0.3, -0.25) is 4.90 Å². The summed E-state index contributed by atoms with van der Waals surface area (Å²) in [6.45, 7) is 6.07. The normalized spacial score (nSPS) is 21.5. The summed E-state index contributed by atoms with van der Waals surface area (Å²) in [6, 6.07) is 2.50. The fraction of sp³-hybridized carbons (Fsp3) is 0.727. The maximum absolute atomic E-state index is 8.64. The van der Waals surface area contributed by atoms with Gasteiger partial charge in [0.15, 0.2) is 0 Å². The SMILES string of the molecule is C=CC(CC#N)N1CCCCCC1. The van der Waals surface area contributed by atoms with Gasteiger partial charge in [0.05, 0.1) is 12.5 Å². The number of nitriles is 1. The van der Waals surface area contributed by atoms with E-state index in [9.17, 15) is 0 Å². The van der Waals surface area contributed by atoms with Crippen LogP contribution in [0.15, 0.2) is 12.7 Å². The summed E-state index contributed by atoms with van der Waals surface area (Å²) in [5.41, 5.74) is 0. The first-order valence-electron chi connectivity index (χ1n) is 5.12. The summed E-state index contributed by atoms with van der Waals surface area (Å²) < 4.78 is 0. The van der Waals surface area contributed by atoms with Crippen LogP contribution >= 0.6 is 0 Å². The maximum Gasteiger partial charge on any atom is 0.0641 e. The third kappa shape index (κ3) is 3.20. The summed E-state index contributed by atoms with van der Waals surface area (Å²) in [6.07, 6.45) is 7.73. The molecule has 1 rings (SSSR count). The van der Waals surface area contributed by atoms with Crippen molar-refractivity contribution in [2.24, 2.45) is 0 Å². The minimum Gasteiger partial charge on any atom is -0.296 e. The predicted octanol–water partition coefficient (Wildman–Crippen LogP) is 2.33. The molecule has 2 nitrogen and oxygen atoms in total. The minimum atomic E-state index is 0.281. The smallest absolute Gasteiger partial charge is 0.0641 e. The van der Waals surface area contributed by atoms with Gasteiger partial charge in [-0.2, -0.15) is 5.26 Å². The highest BCUT2D eigenvalue weighted by molar-refractivity contribution is 4.94. The molecule has 0 N–H and O–H groups in total. The summed E-state index contributed by atoms with van der Waals surface area (Å²) in [5, 5.41) is 8.64. The molecule has 1 aliphatic rings. The lowest BCUT2D eigenvalue weighted by Gasteiger charge is -2.26. The van der Waals surface area contributed by atoms with Crippen LogP contribution in [0.25, 0.3) is 0 Å². The zero-order valence-electron chi connectivity index (χ0n) is 8.21. The first-order valence-corrected chi connectivity index (χ1v) is 5.12. The molecule has 72 valence electrons. The Bertz CT molecular complexity index is 185. The van der Waals surface area contributed by atoms with Crippen molar-refractivity contribution in [3.8, 4) is 6.07 Å². The van der Waals surface area contributed by atoms with Crippen molar-refractivity contribution in [1.29, 1.82) is 5.26 Å². The first-order chi connectivity index (χ1) is 6.38. The quantitative estimate of drug-likeness (QED) is 0.620. The zero-order valence-corrected chi connectivity index (χ0v) is 8.21. The van der Waals surface area contributed by atoms with E-state index in [0.717, 1.165) is 13.1 Å². The average molecular weight is 178 g/mol. The molecule has 2 heteroatoms. The topological polar surface area (TPSA) is 27.0 Å². The molecule has 0 aromatic carbocycles. The molecule has 1 aliphatic heterocycles. The van der Waals surface area contributed by atoms with Gasteiger partial charge in [-0.1, -0.05) is 18.9 Å². The molecular weight excluding hydrogens is 160 g/mol. The van der Waals surface area contributed by atoms with Crippen LogP contribution in [0.1, 0.15) is 32.1 Å². The van der Waals surface area contributed by atoms with Gasteiger partial charge in [-0.05, 0) is 25.9 Å². The Morgan fingerprint density at radius 3 is 2.38 bits per heavy atom. The largest absolute Gasteiger partial charge is 0.296 e. The molecule has 1 fully saturated rings. The molecule has 0 aromatic rings. The lowest BCUT2D eigenvalue weighted by Crippen LogP contribution is -2.34. The fourth-order valence-electron chi connectivity index (χ4n) is 1.88. The Balaban J connectivity index is 2.45. The van der Waals surface area contributed by atoms with Gasteiger partial charge in [-0.25, -0.2) is 0 Å². The van der Waals surface area contributed by atoms with Crippen LogP contribution in [0.3, 0.4) is 0 Å². The van der Waals surface area contributed by atoms with Gasteiger partial charge in [0, 0.05) is 6.04 Å². The van der Waals surface area contributed by atoms with Gasteiger partial charge < -0.3 is 0 Å². The summed E-state index contributed by atoms with van der Waals surface area (Å²) >= 11 is 0. The van der Waals surface area contributed by atoms with Crippen molar-refractivity contribution in [2.75, 3.05) is 13.1 Å². The third-order valence-electron chi connectivity index (χ3n) is 2.68. The van der Waals surface area contributed by atoms with E-state index in [2.05, 4.69) is 17.5 Å². The van der Waals surface area contributed by atoms with Crippen molar-refractivity contribution in [2.45, 2.75) is 38.1 Å². The van der Waals surface area contributed by atoms with E-state index >= 15 is 0 Å². The standard InChI is InChI=1S/C11H18N2/c1-2-11(7-8-12)13-9-5-3-4-6-10-13/h2,11H,1,3-7,9-10H2. The van der Waals surface area contributed by atoms with Crippen LogP contribution in [0.5, 0.6) is 0 Å². The Morgan fingerprint density at radius 2 is 1.92 bits per heavy atom. The molecule has 0 spiro atoms. The Hall–Kier alpha value is -0.810. The van der Waals surface area contributed by atoms with Crippen molar-refractivity contribution < 1.29 is 0 Å². The molecule has 1 unspecified atom stereocenters. The maximum atomic E-state index is 8.64. The molecule has 0 radical (unpaired) electrons. The summed E-state index contributed by atoms with van der Waals surface area (Å²) in [5.74, 6) is 0. The van der Waals surface area contributed by atoms with Gasteiger partial charge >= 0.3 is 0 Å². The highest BCUT2D eigenvalue weighted by atomic mass is 15.1. The summed E-state index contributed by atoms with van der Waals surface area (Å²) in [7, 11) is 0. The van der Waals surface area contributed by atoms with Gasteiger partial charge in [0.25, 0.3) is 0 Å². The second-order valence-electron chi connectivity index (χ2n) is 3.62. The Morgan fingerprint density at radius 1 is 1.31 bits per heavy atom. The van der Waals surface area contributed by atoms with Gasteiger partial charge in [0.1, 0.15) is 0 Å². The van der Waals surface area contributed by atoms with Gasteiger partial charge in [0.2, 0.25) is 0 Å². The Labute approximate surface area is 80.8 Å². The molecule has 1 atom stereocenters. The number of rotatable bonds is 3. The third-order valence-corrected chi connectivity index (χ3v) is 2.68. The van der Waals surface area contributed by atoms with Crippen LogP contribution < -0.4 is 0 Å². The molecule has 0 amide bonds. The minimum absolute atomic E-state index is 0.281. The molecule has 0 aromatic heterocycles. The van der Waals surface area contributed by atoms with Crippen molar-refractivity contribution in [3.05, 3.63) is 12.7 Å². The van der Waals surface area contributed by atoms with E-state index in [-0.39, 0.29) is 6.04 Å². The van der Waals surface area contributed by atoms with Crippen LogP contribution in [0, 0.1) is 11.3 Å². The molecule has 0 bridgehead atoms. The highest BCUT2D eigenvalue weighted by Crippen LogP contribution is 2.14. The molecule has 1 heterocycles. The number of hydrogen-bond acceptors (Lipinski definition) is 2. The summed E-state index contributed by atoms with van der Waals surface area (Å²) in [4.78, 5) is 2.39. The second kappa shape index (κ2) is 5.77. The first kappa shape index (κ1) is 10.3. The van der Waals surface area contributed by atoms with E-state index in [1.165, 1.54) is 25.7 Å². The Kier molecular flexibility index (Phi) is 4.56. The van der Waals surface area contributed by atoms with Crippen molar-refractivity contribution in [1.82, 2.24) is 4.90 Å². The highest BCUT2D eigenvalue weighted by Gasteiger charge is 2.16. The number of hydrogen-bond donors (Lipinski definition) is 0. The van der Waals surface area contributed by atoms with Crippen LogP contribution in [-0.2, 0) is 0 Å². The van der Waals surface area contributed by atoms with Gasteiger partial charge in [-0.15, -0.1) is 6.58 Å². The van der Waals surface area contributed by atoms with E-state index < -0.39 is 0 Å². The molecule has 0 saturated carbocycles. The molecule has 0 aliphatic carbocycles. The fourth-order valence-corrected chi connectivity index (χ4v) is 1.88.